The van der Waals surface area contributed by atoms with Crippen LogP contribution in [0.1, 0.15) is 34.3 Å². The van der Waals surface area contributed by atoms with E-state index in [0.29, 0.717) is 18.7 Å². The Balaban J connectivity index is 1.37. The largest absolute Gasteiger partial charge is 0.490 e. The second-order valence-corrected chi connectivity index (χ2v) is 8.44. The molecule has 0 saturated carbocycles. The van der Waals surface area contributed by atoms with Crippen LogP contribution in [0.25, 0.3) is 5.69 Å². The Kier molecular flexibility index (Phi) is 5.72. The highest BCUT2D eigenvalue weighted by molar-refractivity contribution is 9.10. The van der Waals surface area contributed by atoms with Crippen molar-refractivity contribution in [3.63, 3.8) is 0 Å². The van der Waals surface area contributed by atoms with Gasteiger partial charge in [-0.3, -0.25) is 4.79 Å². The lowest BCUT2D eigenvalue weighted by Gasteiger charge is -2.32. The number of benzene rings is 2. The summed E-state index contributed by atoms with van der Waals surface area (Å²) in [4.78, 5) is 14.8. The highest BCUT2D eigenvalue weighted by Gasteiger charge is 2.26. The Hall–Kier alpha value is -2.60. The van der Waals surface area contributed by atoms with Crippen LogP contribution >= 0.6 is 15.9 Å². The Morgan fingerprint density at radius 3 is 2.55 bits per heavy atom. The molecule has 1 fully saturated rings. The standard InChI is InChI=1S/C23H24BrN3O2/c1-16-3-4-17(2)22(13-16)29-21-9-11-26(12-10-21)23(28)18-14-25-27(15-18)20-7-5-19(24)6-8-20/h3-8,13-15,21H,9-12H2,1-2H3. The maximum atomic E-state index is 12.9. The summed E-state index contributed by atoms with van der Waals surface area (Å²) in [5.74, 6) is 0.976. The third kappa shape index (κ3) is 4.53. The first-order valence-electron chi connectivity index (χ1n) is 9.83. The van der Waals surface area contributed by atoms with Crippen LogP contribution < -0.4 is 4.74 Å². The van der Waals surface area contributed by atoms with E-state index in [-0.39, 0.29) is 12.0 Å². The molecule has 2 heterocycles. The van der Waals surface area contributed by atoms with E-state index in [9.17, 15) is 4.79 Å². The number of nitrogens with zero attached hydrogens (tertiary/aromatic N) is 3. The van der Waals surface area contributed by atoms with E-state index in [1.807, 2.05) is 29.2 Å². The van der Waals surface area contributed by atoms with Crippen molar-refractivity contribution < 1.29 is 9.53 Å². The topological polar surface area (TPSA) is 47.4 Å². The Bertz CT molecular complexity index is 1010. The van der Waals surface area contributed by atoms with E-state index < -0.39 is 0 Å². The molecule has 150 valence electrons. The third-order valence-corrected chi connectivity index (χ3v) is 5.82. The summed E-state index contributed by atoms with van der Waals surface area (Å²) in [6.07, 6.45) is 5.25. The number of aryl methyl sites for hydroxylation is 2. The van der Waals surface area contributed by atoms with Crippen molar-refractivity contribution in [1.82, 2.24) is 14.7 Å². The molecule has 1 aliphatic heterocycles. The van der Waals surface area contributed by atoms with Crippen LogP contribution in [-0.2, 0) is 0 Å². The molecule has 0 bridgehead atoms. The average molecular weight is 454 g/mol. The molecule has 0 spiro atoms. The van der Waals surface area contributed by atoms with Crippen LogP contribution in [-0.4, -0.2) is 39.8 Å². The van der Waals surface area contributed by atoms with Gasteiger partial charge in [-0.15, -0.1) is 0 Å². The van der Waals surface area contributed by atoms with Crippen molar-refractivity contribution in [3.05, 3.63) is 76.0 Å². The highest BCUT2D eigenvalue weighted by atomic mass is 79.9. The SMILES string of the molecule is Cc1ccc(C)c(OC2CCN(C(=O)c3cnn(-c4ccc(Br)cc4)c3)CC2)c1. The molecule has 1 aliphatic rings. The summed E-state index contributed by atoms with van der Waals surface area (Å²) < 4.78 is 8.96. The molecular formula is C23H24BrN3O2. The lowest BCUT2D eigenvalue weighted by atomic mass is 10.1. The lowest BCUT2D eigenvalue weighted by Crippen LogP contribution is -2.41. The van der Waals surface area contributed by atoms with Crippen molar-refractivity contribution in [3.8, 4) is 11.4 Å². The molecule has 0 atom stereocenters. The monoisotopic (exact) mass is 453 g/mol. The van der Waals surface area contributed by atoms with E-state index in [0.717, 1.165) is 34.3 Å². The molecule has 1 saturated heterocycles. The number of amides is 1. The first-order valence-corrected chi connectivity index (χ1v) is 10.6. The molecule has 0 radical (unpaired) electrons. The van der Waals surface area contributed by atoms with Crippen LogP contribution in [0.3, 0.4) is 0 Å². The van der Waals surface area contributed by atoms with Gasteiger partial charge in [-0.1, -0.05) is 28.1 Å². The van der Waals surface area contributed by atoms with Gasteiger partial charge < -0.3 is 9.64 Å². The second-order valence-electron chi connectivity index (χ2n) is 7.53. The van der Waals surface area contributed by atoms with Crippen molar-refractivity contribution in [2.45, 2.75) is 32.8 Å². The summed E-state index contributed by atoms with van der Waals surface area (Å²) in [6.45, 7) is 5.52. The summed E-state index contributed by atoms with van der Waals surface area (Å²) in [7, 11) is 0. The van der Waals surface area contributed by atoms with Crippen molar-refractivity contribution in [2.75, 3.05) is 13.1 Å². The summed E-state index contributed by atoms with van der Waals surface area (Å²) >= 11 is 3.43. The highest BCUT2D eigenvalue weighted by Crippen LogP contribution is 2.24. The third-order valence-electron chi connectivity index (χ3n) is 5.29. The quantitative estimate of drug-likeness (QED) is 0.562. The van der Waals surface area contributed by atoms with Gasteiger partial charge in [0, 0.05) is 36.6 Å². The number of ether oxygens (including phenoxy) is 1. The molecule has 6 heteroatoms. The summed E-state index contributed by atoms with van der Waals surface area (Å²) in [5.41, 5.74) is 3.88. The van der Waals surface area contributed by atoms with E-state index in [4.69, 9.17) is 4.74 Å². The predicted octanol–water partition coefficient (Wildman–Crippen LogP) is 4.94. The Labute approximate surface area is 179 Å². The smallest absolute Gasteiger partial charge is 0.257 e. The van der Waals surface area contributed by atoms with Crippen molar-refractivity contribution >= 4 is 21.8 Å². The minimum atomic E-state index is 0.0264. The molecule has 1 amide bonds. The zero-order valence-corrected chi connectivity index (χ0v) is 18.2. The number of rotatable bonds is 4. The van der Waals surface area contributed by atoms with Gasteiger partial charge in [0.1, 0.15) is 11.9 Å². The van der Waals surface area contributed by atoms with E-state index in [1.54, 1.807) is 17.1 Å². The van der Waals surface area contributed by atoms with Gasteiger partial charge in [-0.2, -0.15) is 5.10 Å². The zero-order valence-electron chi connectivity index (χ0n) is 16.6. The molecule has 1 aromatic heterocycles. The summed E-state index contributed by atoms with van der Waals surface area (Å²) in [5, 5.41) is 4.35. The number of aromatic nitrogens is 2. The summed E-state index contributed by atoms with van der Waals surface area (Å²) in [6, 6.07) is 14.1. The minimum Gasteiger partial charge on any atom is -0.490 e. The zero-order chi connectivity index (χ0) is 20.4. The number of carbonyl (C=O) groups is 1. The predicted molar refractivity (Wildman–Crippen MR) is 117 cm³/mol. The number of halogens is 1. The maximum absolute atomic E-state index is 12.9. The van der Waals surface area contributed by atoms with Crippen LogP contribution in [0.2, 0.25) is 0 Å². The fourth-order valence-electron chi connectivity index (χ4n) is 3.54. The number of carbonyl (C=O) groups excluding carboxylic acids is 1. The number of hydrogen-bond acceptors (Lipinski definition) is 3. The molecule has 2 aromatic carbocycles. The van der Waals surface area contributed by atoms with E-state index in [1.165, 1.54) is 5.56 Å². The van der Waals surface area contributed by atoms with Gasteiger partial charge in [0.15, 0.2) is 0 Å². The first kappa shape index (κ1) is 19.7. The molecular weight excluding hydrogens is 430 g/mol. The van der Waals surface area contributed by atoms with Crippen LogP contribution in [0, 0.1) is 13.8 Å². The van der Waals surface area contributed by atoms with Gasteiger partial charge in [0.25, 0.3) is 5.91 Å². The van der Waals surface area contributed by atoms with Crippen LogP contribution in [0.5, 0.6) is 5.75 Å². The fraction of sp³-hybridized carbons (Fsp3) is 0.304. The van der Waals surface area contributed by atoms with E-state index in [2.05, 4.69) is 53.1 Å². The molecule has 0 N–H and O–H groups in total. The normalized spacial score (nSPS) is 14.8. The van der Waals surface area contributed by atoms with Crippen molar-refractivity contribution in [2.24, 2.45) is 0 Å². The van der Waals surface area contributed by atoms with Crippen molar-refractivity contribution in [1.29, 1.82) is 0 Å². The van der Waals surface area contributed by atoms with Gasteiger partial charge in [0.05, 0.1) is 17.4 Å². The fourth-order valence-corrected chi connectivity index (χ4v) is 3.81. The van der Waals surface area contributed by atoms with Gasteiger partial charge in [-0.25, -0.2) is 4.68 Å². The molecule has 0 aliphatic carbocycles. The molecule has 29 heavy (non-hydrogen) atoms. The van der Waals surface area contributed by atoms with Gasteiger partial charge in [0.2, 0.25) is 0 Å². The minimum absolute atomic E-state index is 0.0264. The molecule has 3 aromatic rings. The second kappa shape index (κ2) is 8.41. The molecule has 5 nitrogen and oxygen atoms in total. The molecule has 0 unspecified atom stereocenters. The van der Waals surface area contributed by atoms with Gasteiger partial charge in [-0.05, 0) is 55.3 Å². The number of piperidine rings is 1. The maximum Gasteiger partial charge on any atom is 0.257 e. The Morgan fingerprint density at radius 2 is 1.83 bits per heavy atom. The molecule has 4 rings (SSSR count). The number of hydrogen-bond donors (Lipinski definition) is 0. The van der Waals surface area contributed by atoms with E-state index >= 15 is 0 Å². The first-order chi connectivity index (χ1) is 14.0. The number of likely N-dealkylation sites (tertiary alicyclic amines) is 1. The Morgan fingerprint density at radius 1 is 1.10 bits per heavy atom. The average Bonchev–Trinajstić information content (AvgIpc) is 3.21. The lowest BCUT2D eigenvalue weighted by molar-refractivity contribution is 0.0594. The van der Waals surface area contributed by atoms with Crippen LogP contribution in [0.15, 0.2) is 59.3 Å². The van der Waals surface area contributed by atoms with Crippen LogP contribution in [0.4, 0.5) is 0 Å². The van der Waals surface area contributed by atoms with Gasteiger partial charge >= 0.3 is 0 Å².